The van der Waals surface area contributed by atoms with E-state index in [9.17, 15) is 9.59 Å². The van der Waals surface area contributed by atoms with Crippen LogP contribution < -0.4 is 15.4 Å². The molecule has 0 aliphatic rings. The number of nitrogens with one attached hydrogen (secondary N) is 2. The summed E-state index contributed by atoms with van der Waals surface area (Å²) in [6, 6.07) is 21.8. The maximum atomic E-state index is 12.8. The maximum Gasteiger partial charge on any atom is 0.257 e. The average Bonchev–Trinajstić information content (AvgIpc) is 3.21. The van der Waals surface area contributed by atoms with Gasteiger partial charge in [-0.1, -0.05) is 30.3 Å². The quantitative estimate of drug-likeness (QED) is 0.471. The van der Waals surface area contributed by atoms with E-state index in [4.69, 9.17) is 4.74 Å². The van der Waals surface area contributed by atoms with Crippen molar-refractivity contribution < 1.29 is 14.3 Å². The van der Waals surface area contributed by atoms with E-state index in [-0.39, 0.29) is 18.2 Å². The van der Waals surface area contributed by atoms with Crippen LogP contribution in [0.2, 0.25) is 0 Å². The molecule has 2 amide bonds. The highest BCUT2D eigenvalue weighted by molar-refractivity contribution is 6.10. The molecule has 0 aliphatic heterocycles. The zero-order valence-corrected chi connectivity index (χ0v) is 17.0. The Balaban J connectivity index is 1.42. The highest BCUT2D eigenvalue weighted by Gasteiger charge is 2.14. The summed E-state index contributed by atoms with van der Waals surface area (Å²) in [6.45, 7) is 0.491. The third-order valence-corrected chi connectivity index (χ3v) is 4.88. The number of imidazole rings is 1. The Hall–Kier alpha value is -4.13. The Morgan fingerprint density at radius 2 is 1.77 bits per heavy atom. The normalized spacial score (nSPS) is 10.6. The molecule has 156 valence electrons. The third kappa shape index (κ3) is 4.72. The summed E-state index contributed by atoms with van der Waals surface area (Å²) in [6.07, 6.45) is 1.99. The summed E-state index contributed by atoms with van der Waals surface area (Å²) in [4.78, 5) is 29.7. The van der Waals surface area contributed by atoms with Crippen LogP contribution in [0, 0.1) is 0 Å². The third-order valence-electron chi connectivity index (χ3n) is 4.88. The van der Waals surface area contributed by atoms with Gasteiger partial charge in [0, 0.05) is 24.7 Å². The number of carbonyl (C=O) groups excluding carboxylic acids is 2. The fourth-order valence-electron chi connectivity index (χ4n) is 3.31. The standard InChI is InChI=1S/C24H22N4O3/c1-31-18-8-6-7-17(15-18)26-24(30)19-9-2-3-10-20(19)27-23(29)13-14-28-16-25-21-11-4-5-12-22(21)28/h2-12,15-16H,13-14H2,1H3,(H,26,30)(H,27,29). The number of anilines is 2. The Bertz CT molecular complexity index is 1230. The van der Waals surface area contributed by atoms with Crippen molar-refractivity contribution in [2.75, 3.05) is 17.7 Å². The number of carbonyl (C=O) groups is 2. The molecule has 7 nitrogen and oxygen atoms in total. The van der Waals surface area contributed by atoms with Crippen LogP contribution in [0.15, 0.2) is 79.1 Å². The Morgan fingerprint density at radius 3 is 2.65 bits per heavy atom. The molecule has 2 N–H and O–H groups in total. The van der Waals surface area contributed by atoms with Crippen LogP contribution in [-0.2, 0) is 11.3 Å². The first kappa shape index (κ1) is 20.2. The molecule has 0 unspecified atom stereocenters. The second-order valence-electron chi connectivity index (χ2n) is 6.96. The van der Waals surface area contributed by atoms with Gasteiger partial charge in [-0.05, 0) is 36.4 Å². The number of methoxy groups -OCH3 is 1. The van der Waals surface area contributed by atoms with Crippen molar-refractivity contribution in [2.24, 2.45) is 0 Å². The summed E-state index contributed by atoms with van der Waals surface area (Å²) in [5.41, 5.74) is 3.32. The average molecular weight is 414 g/mol. The fraction of sp³-hybridized carbons (Fsp3) is 0.125. The lowest BCUT2D eigenvalue weighted by molar-refractivity contribution is -0.116. The van der Waals surface area contributed by atoms with E-state index in [1.54, 1.807) is 62.0 Å². The molecule has 31 heavy (non-hydrogen) atoms. The summed E-state index contributed by atoms with van der Waals surface area (Å²) >= 11 is 0. The number of hydrogen-bond acceptors (Lipinski definition) is 4. The number of hydrogen-bond donors (Lipinski definition) is 2. The van der Waals surface area contributed by atoms with Crippen molar-refractivity contribution in [1.29, 1.82) is 0 Å². The Morgan fingerprint density at radius 1 is 0.968 bits per heavy atom. The lowest BCUT2D eigenvalue weighted by Crippen LogP contribution is -2.19. The highest BCUT2D eigenvalue weighted by atomic mass is 16.5. The van der Waals surface area contributed by atoms with Crippen LogP contribution >= 0.6 is 0 Å². The highest BCUT2D eigenvalue weighted by Crippen LogP contribution is 2.21. The van der Waals surface area contributed by atoms with Gasteiger partial charge in [-0.2, -0.15) is 0 Å². The van der Waals surface area contributed by atoms with Gasteiger partial charge in [-0.3, -0.25) is 9.59 Å². The van der Waals surface area contributed by atoms with Gasteiger partial charge in [0.25, 0.3) is 5.91 Å². The van der Waals surface area contributed by atoms with E-state index in [2.05, 4.69) is 15.6 Å². The lowest BCUT2D eigenvalue weighted by atomic mass is 10.1. The van der Waals surface area contributed by atoms with Crippen molar-refractivity contribution in [1.82, 2.24) is 9.55 Å². The number of fused-ring (bicyclic) bond motifs is 1. The lowest BCUT2D eigenvalue weighted by Gasteiger charge is -2.12. The van der Waals surface area contributed by atoms with Crippen molar-refractivity contribution in [2.45, 2.75) is 13.0 Å². The van der Waals surface area contributed by atoms with Gasteiger partial charge in [-0.15, -0.1) is 0 Å². The molecule has 4 aromatic rings. The molecule has 0 atom stereocenters. The van der Waals surface area contributed by atoms with Crippen LogP contribution in [0.25, 0.3) is 11.0 Å². The molecule has 7 heteroatoms. The van der Waals surface area contributed by atoms with Gasteiger partial charge >= 0.3 is 0 Å². The van der Waals surface area contributed by atoms with Crippen LogP contribution in [0.4, 0.5) is 11.4 Å². The smallest absolute Gasteiger partial charge is 0.257 e. The second kappa shape index (κ2) is 9.13. The van der Waals surface area contributed by atoms with E-state index in [0.717, 1.165) is 11.0 Å². The predicted octanol–water partition coefficient (Wildman–Crippen LogP) is 4.33. The summed E-state index contributed by atoms with van der Waals surface area (Å²) in [5.74, 6) is 0.149. The van der Waals surface area contributed by atoms with Crippen molar-refractivity contribution in [3.05, 3.63) is 84.7 Å². The first-order chi connectivity index (χ1) is 15.1. The first-order valence-corrected chi connectivity index (χ1v) is 9.88. The minimum absolute atomic E-state index is 0.181. The van der Waals surface area contributed by atoms with E-state index >= 15 is 0 Å². The van der Waals surface area contributed by atoms with Crippen LogP contribution in [0.5, 0.6) is 5.75 Å². The maximum absolute atomic E-state index is 12.8. The summed E-state index contributed by atoms with van der Waals surface area (Å²) in [7, 11) is 1.57. The molecule has 1 aromatic heterocycles. The molecule has 1 heterocycles. The number of para-hydroxylation sites is 3. The van der Waals surface area contributed by atoms with Gasteiger partial charge in [0.2, 0.25) is 5.91 Å². The van der Waals surface area contributed by atoms with Gasteiger partial charge in [0.15, 0.2) is 0 Å². The van der Waals surface area contributed by atoms with Crippen LogP contribution in [0.3, 0.4) is 0 Å². The van der Waals surface area contributed by atoms with Crippen molar-refractivity contribution in [3.8, 4) is 5.75 Å². The summed E-state index contributed by atoms with van der Waals surface area (Å²) in [5, 5.41) is 5.69. The number of amides is 2. The minimum Gasteiger partial charge on any atom is -0.497 e. The van der Waals surface area contributed by atoms with E-state index in [1.165, 1.54) is 0 Å². The molecule has 0 aliphatic carbocycles. The predicted molar refractivity (Wildman–Crippen MR) is 120 cm³/mol. The first-order valence-electron chi connectivity index (χ1n) is 9.88. The zero-order chi connectivity index (χ0) is 21.6. The SMILES string of the molecule is COc1cccc(NC(=O)c2ccccc2NC(=O)CCn2cnc3ccccc32)c1. The molecular weight excluding hydrogens is 392 g/mol. The van der Waals surface area contributed by atoms with E-state index in [0.29, 0.717) is 29.2 Å². The fourth-order valence-corrected chi connectivity index (χ4v) is 3.31. The summed E-state index contributed by atoms with van der Waals surface area (Å²) < 4.78 is 7.13. The molecule has 0 saturated heterocycles. The van der Waals surface area contributed by atoms with E-state index in [1.807, 2.05) is 28.8 Å². The monoisotopic (exact) mass is 414 g/mol. The molecular formula is C24H22N4O3. The molecule has 3 aromatic carbocycles. The second-order valence-corrected chi connectivity index (χ2v) is 6.96. The molecule has 4 rings (SSSR count). The number of aryl methyl sites for hydroxylation is 1. The van der Waals surface area contributed by atoms with Gasteiger partial charge < -0.3 is 19.9 Å². The van der Waals surface area contributed by atoms with Crippen LogP contribution in [-0.4, -0.2) is 28.5 Å². The Labute approximate surface area is 179 Å². The molecule has 0 radical (unpaired) electrons. The van der Waals surface area contributed by atoms with Gasteiger partial charge in [0.05, 0.1) is 35.7 Å². The van der Waals surface area contributed by atoms with Gasteiger partial charge in [-0.25, -0.2) is 4.98 Å². The number of ether oxygens (including phenoxy) is 1. The molecule has 0 spiro atoms. The number of rotatable bonds is 7. The Kier molecular flexibility index (Phi) is 5.93. The van der Waals surface area contributed by atoms with E-state index < -0.39 is 0 Å². The number of nitrogens with zero attached hydrogens (tertiary/aromatic N) is 2. The van der Waals surface area contributed by atoms with Gasteiger partial charge in [0.1, 0.15) is 5.75 Å². The zero-order valence-electron chi connectivity index (χ0n) is 17.0. The topological polar surface area (TPSA) is 85.3 Å². The van der Waals surface area contributed by atoms with Crippen LogP contribution in [0.1, 0.15) is 16.8 Å². The largest absolute Gasteiger partial charge is 0.497 e. The van der Waals surface area contributed by atoms with Crippen molar-refractivity contribution in [3.63, 3.8) is 0 Å². The molecule has 0 bridgehead atoms. The van der Waals surface area contributed by atoms with Crippen molar-refractivity contribution >= 4 is 34.2 Å². The molecule has 0 fully saturated rings. The number of benzene rings is 3. The molecule has 0 saturated carbocycles. The number of aromatic nitrogens is 2. The minimum atomic E-state index is -0.315.